The molecule has 0 aliphatic carbocycles. The number of likely N-dealkylation sites (N-methyl/N-ethyl adjacent to an activating group) is 1. The number of amides is 2. The highest BCUT2D eigenvalue weighted by molar-refractivity contribution is 5.94. The summed E-state index contributed by atoms with van der Waals surface area (Å²) >= 11 is 0. The largest absolute Gasteiger partial charge is 0.383 e. The van der Waals surface area contributed by atoms with Crippen LogP contribution in [0.2, 0.25) is 0 Å². The zero-order valence-corrected chi connectivity index (χ0v) is 16.2. The Morgan fingerprint density at radius 1 is 1.13 bits per heavy atom. The number of primary amides is 1. The summed E-state index contributed by atoms with van der Waals surface area (Å²) in [5.74, 6) is -1.23. The molecule has 0 aliphatic heterocycles. The van der Waals surface area contributed by atoms with Gasteiger partial charge in [-0.3, -0.25) is 23.9 Å². The predicted octanol–water partition coefficient (Wildman–Crippen LogP) is -0.783. The summed E-state index contributed by atoms with van der Waals surface area (Å²) in [6.07, 6.45) is 3.01. The number of hydrogen-bond donors (Lipinski definition) is 3. The number of rotatable bonds is 6. The van der Waals surface area contributed by atoms with Gasteiger partial charge in [-0.05, 0) is 11.6 Å². The van der Waals surface area contributed by atoms with Crippen molar-refractivity contribution in [3.63, 3.8) is 0 Å². The van der Waals surface area contributed by atoms with Crippen molar-refractivity contribution >= 4 is 23.3 Å². The molecule has 2 heterocycles. The Balaban J connectivity index is 1.92. The third-order valence-corrected chi connectivity index (χ3v) is 4.57. The molecule has 3 aromatic rings. The van der Waals surface area contributed by atoms with Gasteiger partial charge in [0, 0.05) is 13.1 Å². The summed E-state index contributed by atoms with van der Waals surface area (Å²) in [5.41, 5.74) is 10.8. The van der Waals surface area contributed by atoms with Gasteiger partial charge in [0.2, 0.25) is 6.54 Å². The van der Waals surface area contributed by atoms with E-state index in [2.05, 4.69) is 4.98 Å². The molecule has 0 aliphatic rings. The van der Waals surface area contributed by atoms with Gasteiger partial charge in [0.05, 0.1) is 6.54 Å². The lowest BCUT2D eigenvalue weighted by atomic mass is 10.2. The minimum absolute atomic E-state index is 0.126. The Hall–Kier alpha value is -4.21. The number of hydrogen-bond acceptors (Lipinski definition) is 5. The molecule has 0 spiro atoms. The standard InChI is InChI=1S/C20H20N6O4/c1-24(15(27)12-25-9-5-8-14(11-25)18(22)28)16-17(21)26(20(30)23-19(16)29)10-13-6-3-2-4-7-13/h2-9,11H,10,12H2,1H3,(H4-,21,22,23,28,29,30)/p+1. The van der Waals surface area contributed by atoms with Crippen LogP contribution in [0.5, 0.6) is 0 Å². The molecule has 30 heavy (non-hydrogen) atoms. The lowest BCUT2D eigenvalue weighted by molar-refractivity contribution is -0.684. The SMILES string of the molecule is CN(C(=O)C[n+]1cccc(C(N)=O)c1)c1c(N)n(Cc2ccccc2)c(=O)[nH]c1=O. The molecule has 2 aromatic heterocycles. The number of H-pyrrole nitrogens is 1. The summed E-state index contributed by atoms with van der Waals surface area (Å²) in [6, 6.07) is 12.2. The normalized spacial score (nSPS) is 10.6. The Labute approximate surface area is 171 Å². The van der Waals surface area contributed by atoms with Gasteiger partial charge in [-0.1, -0.05) is 30.3 Å². The molecule has 0 unspecified atom stereocenters. The molecule has 0 atom stereocenters. The van der Waals surface area contributed by atoms with Crippen molar-refractivity contribution in [2.24, 2.45) is 5.73 Å². The van der Waals surface area contributed by atoms with E-state index in [0.29, 0.717) is 0 Å². The first-order valence-electron chi connectivity index (χ1n) is 9.00. The average Bonchev–Trinajstić information content (AvgIpc) is 2.71. The molecule has 154 valence electrons. The number of anilines is 2. The minimum atomic E-state index is -0.770. The molecular weight excluding hydrogens is 388 g/mol. The van der Waals surface area contributed by atoms with Crippen LogP contribution < -0.4 is 32.2 Å². The molecule has 10 heteroatoms. The number of aromatic nitrogens is 3. The van der Waals surface area contributed by atoms with E-state index in [-0.39, 0.29) is 30.2 Å². The first-order chi connectivity index (χ1) is 14.3. The highest BCUT2D eigenvalue weighted by Crippen LogP contribution is 2.16. The molecule has 0 fully saturated rings. The third-order valence-electron chi connectivity index (χ3n) is 4.57. The minimum Gasteiger partial charge on any atom is -0.383 e. The highest BCUT2D eigenvalue weighted by Gasteiger charge is 2.23. The molecule has 2 amide bonds. The zero-order valence-electron chi connectivity index (χ0n) is 16.2. The van der Waals surface area contributed by atoms with Gasteiger partial charge in [-0.25, -0.2) is 4.79 Å². The van der Waals surface area contributed by atoms with Crippen LogP contribution in [0, 0.1) is 0 Å². The maximum absolute atomic E-state index is 12.7. The van der Waals surface area contributed by atoms with Crippen molar-refractivity contribution in [3.8, 4) is 0 Å². The number of nitrogens with one attached hydrogen (secondary N) is 1. The Kier molecular flexibility index (Phi) is 5.77. The smallest absolute Gasteiger partial charge is 0.330 e. The number of pyridine rings is 1. The van der Waals surface area contributed by atoms with Crippen LogP contribution in [0.15, 0.2) is 64.4 Å². The number of nitrogens with two attached hydrogens (primary N) is 2. The fourth-order valence-corrected chi connectivity index (χ4v) is 2.98. The number of nitrogen functional groups attached to an aromatic ring is 1. The second kappa shape index (κ2) is 8.43. The lowest BCUT2D eigenvalue weighted by Gasteiger charge is -2.19. The van der Waals surface area contributed by atoms with E-state index < -0.39 is 23.1 Å². The fraction of sp³-hybridized carbons (Fsp3) is 0.150. The summed E-state index contributed by atoms with van der Waals surface area (Å²) < 4.78 is 2.65. The van der Waals surface area contributed by atoms with Crippen LogP contribution >= 0.6 is 0 Å². The van der Waals surface area contributed by atoms with E-state index in [1.165, 1.54) is 28.4 Å². The van der Waals surface area contributed by atoms with Crippen LogP contribution in [-0.4, -0.2) is 28.4 Å². The molecule has 0 saturated heterocycles. The second-order valence-corrected chi connectivity index (χ2v) is 6.65. The first kappa shape index (κ1) is 20.5. The summed E-state index contributed by atoms with van der Waals surface area (Å²) in [7, 11) is 1.39. The van der Waals surface area contributed by atoms with Crippen LogP contribution in [-0.2, 0) is 17.9 Å². The van der Waals surface area contributed by atoms with Gasteiger partial charge in [0.15, 0.2) is 18.1 Å². The van der Waals surface area contributed by atoms with Crippen molar-refractivity contribution in [1.29, 1.82) is 0 Å². The van der Waals surface area contributed by atoms with E-state index in [4.69, 9.17) is 11.5 Å². The van der Waals surface area contributed by atoms with Gasteiger partial charge < -0.3 is 16.4 Å². The Morgan fingerprint density at radius 2 is 1.83 bits per heavy atom. The highest BCUT2D eigenvalue weighted by atomic mass is 16.2. The van der Waals surface area contributed by atoms with Crippen LogP contribution in [0.25, 0.3) is 0 Å². The third kappa shape index (κ3) is 4.27. The zero-order chi connectivity index (χ0) is 21.8. The quantitative estimate of drug-likeness (QED) is 0.457. The number of benzene rings is 1. The van der Waals surface area contributed by atoms with E-state index in [0.717, 1.165) is 10.5 Å². The van der Waals surface area contributed by atoms with Crippen molar-refractivity contribution in [3.05, 3.63) is 86.8 Å². The Morgan fingerprint density at radius 3 is 2.50 bits per heavy atom. The van der Waals surface area contributed by atoms with Gasteiger partial charge in [-0.15, -0.1) is 0 Å². The van der Waals surface area contributed by atoms with E-state index in [1.54, 1.807) is 12.3 Å². The summed E-state index contributed by atoms with van der Waals surface area (Å²) in [6.45, 7) is -0.0406. The topological polar surface area (TPSA) is 148 Å². The van der Waals surface area contributed by atoms with Crippen LogP contribution in [0.1, 0.15) is 15.9 Å². The van der Waals surface area contributed by atoms with Crippen molar-refractivity contribution in [1.82, 2.24) is 9.55 Å². The van der Waals surface area contributed by atoms with E-state index in [1.807, 2.05) is 30.3 Å². The van der Waals surface area contributed by atoms with Crippen LogP contribution in [0.3, 0.4) is 0 Å². The molecular formula is C20H21N6O4+. The fourth-order valence-electron chi connectivity index (χ4n) is 2.98. The van der Waals surface area contributed by atoms with Crippen molar-refractivity contribution < 1.29 is 14.2 Å². The van der Waals surface area contributed by atoms with E-state index >= 15 is 0 Å². The number of carbonyl (C=O) groups excluding carboxylic acids is 2. The molecule has 0 saturated carbocycles. The predicted molar refractivity (Wildman–Crippen MR) is 110 cm³/mol. The molecule has 0 radical (unpaired) electrons. The van der Waals surface area contributed by atoms with Gasteiger partial charge in [-0.2, -0.15) is 4.57 Å². The number of nitrogens with zero attached hydrogens (tertiary/aromatic N) is 3. The van der Waals surface area contributed by atoms with Crippen molar-refractivity contribution in [2.75, 3.05) is 17.7 Å². The Bertz CT molecular complexity index is 1220. The maximum Gasteiger partial charge on any atom is 0.330 e. The summed E-state index contributed by atoms with van der Waals surface area (Å²) in [5, 5.41) is 0. The van der Waals surface area contributed by atoms with Crippen molar-refractivity contribution in [2.45, 2.75) is 13.1 Å². The van der Waals surface area contributed by atoms with Gasteiger partial charge in [0.25, 0.3) is 17.4 Å². The summed E-state index contributed by atoms with van der Waals surface area (Å²) in [4.78, 5) is 52.0. The van der Waals surface area contributed by atoms with Gasteiger partial charge >= 0.3 is 5.69 Å². The molecule has 5 N–H and O–H groups in total. The second-order valence-electron chi connectivity index (χ2n) is 6.65. The van der Waals surface area contributed by atoms with Gasteiger partial charge in [0.1, 0.15) is 11.4 Å². The monoisotopic (exact) mass is 409 g/mol. The molecule has 0 bridgehead atoms. The maximum atomic E-state index is 12.7. The molecule has 3 rings (SSSR count). The molecule has 1 aromatic carbocycles. The van der Waals surface area contributed by atoms with E-state index in [9.17, 15) is 19.2 Å². The average molecular weight is 409 g/mol. The number of aromatic amines is 1. The van der Waals surface area contributed by atoms with Crippen LogP contribution in [0.4, 0.5) is 11.5 Å². The number of carbonyl (C=O) groups is 2. The molecule has 10 nitrogen and oxygen atoms in total. The lowest BCUT2D eigenvalue weighted by Crippen LogP contribution is -2.46. The first-order valence-corrected chi connectivity index (χ1v) is 9.00.